The molecule has 0 spiro atoms. The Morgan fingerprint density at radius 2 is 1.75 bits per heavy atom. The number of para-hydroxylation sites is 1. The van der Waals surface area contributed by atoms with Gasteiger partial charge in [0.25, 0.3) is 0 Å². The first-order valence-electron chi connectivity index (χ1n) is 6.68. The fraction of sp³-hybridized carbons (Fsp3) is 0.571. The van der Waals surface area contributed by atoms with Gasteiger partial charge in [0.2, 0.25) is 10.0 Å². The molecule has 1 rings (SSSR count). The van der Waals surface area contributed by atoms with E-state index in [1.807, 2.05) is 32.8 Å². The first-order chi connectivity index (χ1) is 9.25. The van der Waals surface area contributed by atoms with E-state index in [1.54, 1.807) is 12.1 Å². The normalized spacial score (nSPS) is 12.6. The van der Waals surface area contributed by atoms with Crippen LogP contribution in [0, 0.1) is 5.92 Å². The van der Waals surface area contributed by atoms with E-state index in [9.17, 15) is 13.5 Å². The second-order valence-electron chi connectivity index (χ2n) is 5.53. The number of phenolic OH excluding ortho intramolecular Hbond substituents is 1. The zero-order chi connectivity index (χ0) is 15.3. The lowest BCUT2D eigenvalue weighted by Gasteiger charge is -2.25. The number of hydrogen-bond donors (Lipinski definition) is 1. The minimum absolute atomic E-state index is 0.0283. The van der Waals surface area contributed by atoms with Crippen LogP contribution in [-0.4, -0.2) is 56.5 Å². The summed E-state index contributed by atoms with van der Waals surface area (Å²) in [5.74, 6) is 0.0175. The van der Waals surface area contributed by atoms with Crippen molar-refractivity contribution in [2.24, 2.45) is 5.92 Å². The molecule has 0 fully saturated rings. The Morgan fingerprint density at radius 1 is 1.15 bits per heavy atom. The van der Waals surface area contributed by atoms with Gasteiger partial charge in [0.15, 0.2) is 0 Å². The standard InChI is InChI=1S/C14H24N2O3S/c1-12(2)11-16(10-9-15(3)4)20(18,19)14-8-6-5-7-13(14)17/h5-8,12,17H,9-11H2,1-4H3. The lowest BCUT2D eigenvalue weighted by atomic mass is 10.2. The predicted octanol–water partition coefficient (Wildman–Crippen LogP) is 1.60. The zero-order valence-corrected chi connectivity index (χ0v) is 13.4. The highest BCUT2D eigenvalue weighted by Crippen LogP contribution is 2.25. The van der Waals surface area contributed by atoms with Crippen molar-refractivity contribution in [3.63, 3.8) is 0 Å². The second-order valence-corrected chi connectivity index (χ2v) is 7.43. The van der Waals surface area contributed by atoms with Gasteiger partial charge in [-0.15, -0.1) is 0 Å². The van der Waals surface area contributed by atoms with E-state index in [-0.39, 0.29) is 16.6 Å². The maximum Gasteiger partial charge on any atom is 0.246 e. The highest BCUT2D eigenvalue weighted by molar-refractivity contribution is 7.89. The molecule has 20 heavy (non-hydrogen) atoms. The maximum absolute atomic E-state index is 12.6. The minimum Gasteiger partial charge on any atom is -0.507 e. The van der Waals surface area contributed by atoms with Crippen LogP contribution in [0.3, 0.4) is 0 Å². The smallest absolute Gasteiger partial charge is 0.246 e. The van der Waals surface area contributed by atoms with Gasteiger partial charge in [-0.2, -0.15) is 4.31 Å². The zero-order valence-electron chi connectivity index (χ0n) is 12.6. The summed E-state index contributed by atoms with van der Waals surface area (Å²) in [7, 11) is 0.140. The number of likely N-dealkylation sites (N-methyl/N-ethyl adjacent to an activating group) is 1. The van der Waals surface area contributed by atoms with Gasteiger partial charge in [0.1, 0.15) is 10.6 Å². The van der Waals surface area contributed by atoms with E-state index in [4.69, 9.17) is 0 Å². The van der Waals surface area contributed by atoms with Gasteiger partial charge in [-0.05, 0) is 32.1 Å². The third-order valence-corrected chi connectivity index (χ3v) is 4.76. The van der Waals surface area contributed by atoms with Crippen LogP contribution in [0.15, 0.2) is 29.2 Å². The average molecular weight is 300 g/mol. The van der Waals surface area contributed by atoms with E-state index >= 15 is 0 Å². The molecule has 0 atom stereocenters. The Kier molecular flexibility index (Phi) is 5.98. The first-order valence-corrected chi connectivity index (χ1v) is 8.12. The Bertz CT molecular complexity index is 527. The molecule has 0 aromatic heterocycles. The summed E-state index contributed by atoms with van der Waals surface area (Å²) < 4.78 is 26.7. The Morgan fingerprint density at radius 3 is 2.25 bits per heavy atom. The number of phenols is 1. The van der Waals surface area contributed by atoms with Crippen LogP contribution in [-0.2, 0) is 10.0 Å². The summed E-state index contributed by atoms with van der Waals surface area (Å²) in [6.45, 7) is 5.43. The van der Waals surface area contributed by atoms with Gasteiger partial charge in [0, 0.05) is 19.6 Å². The molecule has 1 N–H and O–H groups in total. The van der Waals surface area contributed by atoms with E-state index < -0.39 is 10.0 Å². The van der Waals surface area contributed by atoms with Gasteiger partial charge in [0.05, 0.1) is 0 Å². The quantitative estimate of drug-likeness (QED) is 0.831. The summed E-state index contributed by atoms with van der Waals surface area (Å²) in [6, 6.07) is 6.06. The van der Waals surface area contributed by atoms with E-state index in [0.717, 1.165) is 0 Å². The van der Waals surface area contributed by atoms with Gasteiger partial charge in [-0.3, -0.25) is 0 Å². The molecule has 0 saturated heterocycles. The molecule has 6 heteroatoms. The largest absolute Gasteiger partial charge is 0.507 e. The lowest BCUT2D eigenvalue weighted by molar-refractivity contribution is 0.311. The minimum atomic E-state index is -3.67. The Labute approximate surface area is 121 Å². The van der Waals surface area contributed by atoms with Gasteiger partial charge in [-0.1, -0.05) is 26.0 Å². The Balaban J connectivity index is 3.07. The number of rotatable bonds is 7. The van der Waals surface area contributed by atoms with Crippen molar-refractivity contribution in [1.29, 1.82) is 0 Å². The molecule has 0 unspecified atom stereocenters. The fourth-order valence-corrected chi connectivity index (χ4v) is 3.52. The highest BCUT2D eigenvalue weighted by atomic mass is 32.2. The summed E-state index contributed by atoms with van der Waals surface area (Å²) >= 11 is 0. The summed E-state index contributed by atoms with van der Waals surface area (Å²) in [5, 5.41) is 9.79. The summed E-state index contributed by atoms with van der Waals surface area (Å²) in [6.07, 6.45) is 0. The molecule has 0 aliphatic rings. The molecule has 5 nitrogen and oxygen atoms in total. The van der Waals surface area contributed by atoms with Crippen LogP contribution in [0.25, 0.3) is 0 Å². The molecule has 0 aliphatic heterocycles. The lowest BCUT2D eigenvalue weighted by Crippen LogP contribution is -2.38. The number of aromatic hydroxyl groups is 1. The molecule has 114 valence electrons. The van der Waals surface area contributed by atoms with Crippen molar-refractivity contribution < 1.29 is 13.5 Å². The van der Waals surface area contributed by atoms with Gasteiger partial charge >= 0.3 is 0 Å². The third kappa shape index (κ3) is 4.47. The van der Waals surface area contributed by atoms with Crippen LogP contribution < -0.4 is 0 Å². The predicted molar refractivity (Wildman–Crippen MR) is 80.3 cm³/mol. The molecule has 0 aliphatic carbocycles. The van der Waals surface area contributed by atoms with E-state index in [1.165, 1.54) is 16.4 Å². The van der Waals surface area contributed by atoms with Gasteiger partial charge in [-0.25, -0.2) is 8.42 Å². The second kappa shape index (κ2) is 7.06. The molecule has 0 radical (unpaired) electrons. The molecule has 0 bridgehead atoms. The highest BCUT2D eigenvalue weighted by Gasteiger charge is 2.27. The number of nitrogens with zero attached hydrogens (tertiary/aromatic N) is 2. The number of hydrogen-bond acceptors (Lipinski definition) is 4. The van der Waals surface area contributed by atoms with Crippen molar-refractivity contribution in [2.75, 3.05) is 33.7 Å². The third-order valence-electron chi connectivity index (χ3n) is 2.85. The maximum atomic E-state index is 12.6. The number of benzene rings is 1. The summed E-state index contributed by atoms with van der Waals surface area (Å²) in [5.41, 5.74) is 0. The van der Waals surface area contributed by atoms with Crippen LogP contribution in [0.2, 0.25) is 0 Å². The average Bonchev–Trinajstić information content (AvgIpc) is 2.34. The fourth-order valence-electron chi connectivity index (χ4n) is 1.84. The molecule has 0 saturated carbocycles. The van der Waals surface area contributed by atoms with Crippen LogP contribution in [0.1, 0.15) is 13.8 Å². The number of sulfonamides is 1. The topological polar surface area (TPSA) is 60.9 Å². The van der Waals surface area contributed by atoms with Crippen molar-refractivity contribution in [3.8, 4) is 5.75 Å². The molecule has 1 aromatic carbocycles. The van der Waals surface area contributed by atoms with Gasteiger partial charge < -0.3 is 10.0 Å². The molecule has 0 amide bonds. The SMILES string of the molecule is CC(C)CN(CCN(C)C)S(=O)(=O)c1ccccc1O. The van der Waals surface area contributed by atoms with Crippen molar-refractivity contribution in [2.45, 2.75) is 18.7 Å². The monoisotopic (exact) mass is 300 g/mol. The molecule has 1 aromatic rings. The van der Waals surface area contributed by atoms with Crippen molar-refractivity contribution in [3.05, 3.63) is 24.3 Å². The van der Waals surface area contributed by atoms with E-state index in [0.29, 0.717) is 19.6 Å². The first kappa shape index (κ1) is 16.9. The summed E-state index contributed by atoms with van der Waals surface area (Å²) in [4.78, 5) is 1.91. The van der Waals surface area contributed by atoms with Crippen LogP contribution in [0.4, 0.5) is 0 Å². The molecule has 0 heterocycles. The molecular weight excluding hydrogens is 276 g/mol. The van der Waals surface area contributed by atoms with Crippen molar-refractivity contribution >= 4 is 10.0 Å². The van der Waals surface area contributed by atoms with E-state index in [2.05, 4.69) is 0 Å². The Hall–Kier alpha value is -1.11. The van der Waals surface area contributed by atoms with Crippen LogP contribution in [0.5, 0.6) is 5.75 Å². The van der Waals surface area contributed by atoms with Crippen LogP contribution >= 0.6 is 0 Å². The van der Waals surface area contributed by atoms with Crippen molar-refractivity contribution in [1.82, 2.24) is 9.21 Å². The molecular formula is C14H24N2O3S.